The van der Waals surface area contributed by atoms with E-state index >= 15 is 0 Å². The molecule has 0 aliphatic rings. The predicted molar refractivity (Wildman–Crippen MR) is 50.5 cm³/mol. The van der Waals surface area contributed by atoms with Crippen molar-refractivity contribution < 1.29 is 0 Å². The fourth-order valence-corrected chi connectivity index (χ4v) is 1.38. The highest BCUT2D eigenvalue weighted by Gasteiger charge is 2.07. The van der Waals surface area contributed by atoms with Crippen LogP contribution in [0.1, 0.15) is 34.1 Å². The van der Waals surface area contributed by atoms with Crippen LogP contribution in [-0.4, -0.2) is 36.2 Å². The Kier molecular flexibility index (Phi) is 6.57. The van der Waals surface area contributed by atoms with Gasteiger partial charge in [-0.3, -0.25) is 0 Å². The zero-order valence-electron chi connectivity index (χ0n) is 8.43. The first-order valence-electron chi connectivity index (χ1n) is 4.79. The summed E-state index contributed by atoms with van der Waals surface area (Å²) < 4.78 is 0. The number of rotatable bonds is 6. The van der Waals surface area contributed by atoms with E-state index in [1.165, 1.54) is 13.0 Å². The van der Waals surface area contributed by atoms with Gasteiger partial charge in [-0.2, -0.15) is 0 Å². The van der Waals surface area contributed by atoms with Crippen molar-refractivity contribution in [1.82, 2.24) is 10.0 Å². The summed E-state index contributed by atoms with van der Waals surface area (Å²) in [4.78, 5) is 0. The van der Waals surface area contributed by atoms with Crippen LogP contribution < -0.4 is 0 Å². The van der Waals surface area contributed by atoms with Gasteiger partial charge in [0.1, 0.15) is 0 Å². The van der Waals surface area contributed by atoms with Gasteiger partial charge < -0.3 is 0 Å². The Morgan fingerprint density at radius 3 is 1.45 bits per heavy atom. The molecule has 0 fully saturated rings. The highest BCUT2D eigenvalue weighted by atomic mass is 15.6. The Bertz CT molecular complexity index is 79.6. The first kappa shape index (κ1) is 10.9. The molecule has 0 radical (unpaired) electrons. The van der Waals surface area contributed by atoms with E-state index in [1.54, 1.807) is 0 Å². The summed E-state index contributed by atoms with van der Waals surface area (Å²) in [6, 6.07) is 0. The second-order valence-electron chi connectivity index (χ2n) is 2.69. The van der Waals surface area contributed by atoms with Crippen molar-refractivity contribution in [2.75, 3.05) is 26.2 Å². The highest BCUT2D eigenvalue weighted by Crippen LogP contribution is 1.97. The van der Waals surface area contributed by atoms with Gasteiger partial charge in [0.25, 0.3) is 0 Å². The van der Waals surface area contributed by atoms with Crippen LogP contribution in [0.5, 0.6) is 0 Å². The van der Waals surface area contributed by atoms with Gasteiger partial charge in [-0.05, 0) is 6.42 Å². The summed E-state index contributed by atoms with van der Waals surface area (Å²) in [7, 11) is 0. The van der Waals surface area contributed by atoms with Crippen molar-refractivity contribution in [3.8, 4) is 0 Å². The Balaban J connectivity index is 3.76. The molecule has 2 nitrogen and oxygen atoms in total. The van der Waals surface area contributed by atoms with Crippen LogP contribution in [-0.2, 0) is 0 Å². The molecule has 2 heteroatoms. The average Bonchev–Trinajstić information content (AvgIpc) is 2.05. The molecule has 0 spiro atoms. The van der Waals surface area contributed by atoms with Crippen LogP contribution in [0.15, 0.2) is 0 Å². The molecule has 0 saturated heterocycles. The number of hydrazine groups is 1. The molecule has 0 bridgehead atoms. The van der Waals surface area contributed by atoms with E-state index in [2.05, 4.69) is 37.7 Å². The molecule has 0 unspecified atom stereocenters. The fraction of sp³-hybridized carbons (Fsp3) is 1.00. The maximum atomic E-state index is 2.42. The largest absolute Gasteiger partial charge is 0.242 e. The number of hydrogen-bond donors (Lipinski definition) is 0. The van der Waals surface area contributed by atoms with Crippen LogP contribution in [0.25, 0.3) is 0 Å². The topological polar surface area (TPSA) is 6.48 Å². The Hall–Kier alpha value is -0.0800. The summed E-state index contributed by atoms with van der Waals surface area (Å²) in [5.41, 5.74) is 0. The third-order valence-corrected chi connectivity index (χ3v) is 1.98. The van der Waals surface area contributed by atoms with Crippen molar-refractivity contribution >= 4 is 0 Å². The van der Waals surface area contributed by atoms with E-state index in [4.69, 9.17) is 0 Å². The molecule has 0 rings (SSSR count). The van der Waals surface area contributed by atoms with Crippen LogP contribution in [0, 0.1) is 0 Å². The van der Waals surface area contributed by atoms with Gasteiger partial charge in [0.15, 0.2) is 0 Å². The molecule has 0 atom stereocenters. The second kappa shape index (κ2) is 6.62. The predicted octanol–water partition coefficient (Wildman–Crippen LogP) is 1.98. The van der Waals surface area contributed by atoms with Crippen LogP contribution >= 0.6 is 0 Å². The van der Waals surface area contributed by atoms with Crippen molar-refractivity contribution in [1.29, 1.82) is 0 Å². The van der Waals surface area contributed by atoms with E-state index in [-0.39, 0.29) is 0 Å². The van der Waals surface area contributed by atoms with Crippen LogP contribution in [0.2, 0.25) is 0 Å². The highest BCUT2D eigenvalue weighted by molar-refractivity contribution is 4.51. The lowest BCUT2D eigenvalue weighted by Crippen LogP contribution is -2.42. The summed E-state index contributed by atoms with van der Waals surface area (Å²) in [5.74, 6) is 0. The standard InChI is InChI=1S/C9H22N2/c1-5-9-11(8-4)10(6-2)7-3/h5-9H2,1-4H3. The first-order chi connectivity index (χ1) is 5.29. The van der Waals surface area contributed by atoms with Crippen LogP contribution in [0.4, 0.5) is 0 Å². The molecular formula is C9H22N2. The summed E-state index contributed by atoms with van der Waals surface area (Å²) in [5, 5.41) is 4.81. The van der Waals surface area contributed by atoms with Crippen molar-refractivity contribution in [2.24, 2.45) is 0 Å². The molecule has 11 heavy (non-hydrogen) atoms. The SMILES string of the molecule is CCCN(CC)N(CC)CC. The van der Waals surface area contributed by atoms with Crippen molar-refractivity contribution in [3.05, 3.63) is 0 Å². The molecule has 0 heterocycles. The molecule has 0 aromatic rings. The summed E-state index contributed by atoms with van der Waals surface area (Å²) in [6.07, 6.45) is 1.24. The molecular weight excluding hydrogens is 136 g/mol. The lowest BCUT2D eigenvalue weighted by molar-refractivity contribution is -0.0114. The van der Waals surface area contributed by atoms with Gasteiger partial charge >= 0.3 is 0 Å². The minimum Gasteiger partial charge on any atom is -0.242 e. The van der Waals surface area contributed by atoms with Gasteiger partial charge in [0, 0.05) is 26.2 Å². The minimum absolute atomic E-state index is 1.13. The summed E-state index contributed by atoms with van der Waals surface area (Å²) >= 11 is 0. The zero-order valence-corrected chi connectivity index (χ0v) is 8.43. The van der Waals surface area contributed by atoms with E-state index in [0.717, 1.165) is 19.6 Å². The molecule has 68 valence electrons. The van der Waals surface area contributed by atoms with Gasteiger partial charge in [-0.15, -0.1) is 0 Å². The minimum atomic E-state index is 1.13. The van der Waals surface area contributed by atoms with Crippen molar-refractivity contribution in [3.63, 3.8) is 0 Å². The third kappa shape index (κ3) is 3.73. The molecule has 0 N–H and O–H groups in total. The number of hydrogen-bond acceptors (Lipinski definition) is 2. The first-order valence-corrected chi connectivity index (χ1v) is 4.79. The van der Waals surface area contributed by atoms with Crippen LogP contribution in [0.3, 0.4) is 0 Å². The van der Waals surface area contributed by atoms with Gasteiger partial charge in [0.2, 0.25) is 0 Å². The quantitative estimate of drug-likeness (QED) is 0.545. The third-order valence-electron chi connectivity index (χ3n) is 1.98. The van der Waals surface area contributed by atoms with Gasteiger partial charge in [-0.25, -0.2) is 10.0 Å². The molecule has 0 amide bonds. The van der Waals surface area contributed by atoms with E-state index in [1.807, 2.05) is 0 Å². The molecule has 0 aromatic carbocycles. The summed E-state index contributed by atoms with van der Waals surface area (Å²) in [6.45, 7) is 13.5. The van der Waals surface area contributed by atoms with E-state index in [0.29, 0.717) is 0 Å². The normalized spacial score (nSPS) is 11.5. The zero-order chi connectivity index (χ0) is 8.69. The smallest absolute Gasteiger partial charge is 0.0130 e. The Morgan fingerprint density at radius 1 is 0.727 bits per heavy atom. The van der Waals surface area contributed by atoms with E-state index < -0.39 is 0 Å². The Labute approximate surface area is 71.1 Å². The van der Waals surface area contributed by atoms with Crippen molar-refractivity contribution in [2.45, 2.75) is 34.1 Å². The monoisotopic (exact) mass is 158 g/mol. The fourth-order valence-electron chi connectivity index (χ4n) is 1.38. The maximum Gasteiger partial charge on any atom is 0.0130 e. The lowest BCUT2D eigenvalue weighted by atomic mass is 10.4. The molecule has 0 aromatic heterocycles. The molecule has 0 aliphatic carbocycles. The average molecular weight is 158 g/mol. The Morgan fingerprint density at radius 2 is 1.18 bits per heavy atom. The van der Waals surface area contributed by atoms with Gasteiger partial charge in [0.05, 0.1) is 0 Å². The molecule has 0 saturated carbocycles. The number of nitrogens with zero attached hydrogens (tertiary/aromatic N) is 2. The molecule has 0 aliphatic heterocycles. The van der Waals surface area contributed by atoms with E-state index in [9.17, 15) is 0 Å². The maximum absolute atomic E-state index is 2.42. The second-order valence-corrected chi connectivity index (χ2v) is 2.69. The lowest BCUT2D eigenvalue weighted by Gasteiger charge is -2.32. The van der Waals surface area contributed by atoms with Gasteiger partial charge in [-0.1, -0.05) is 27.7 Å².